The van der Waals surface area contributed by atoms with Crippen LogP contribution in [-0.2, 0) is 0 Å². The van der Waals surface area contributed by atoms with Gasteiger partial charge in [-0.3, -0.25) is 4.79 Å². The number of benzene rings is 2. The Bertz CT molecular complexity index is 629. The molecule has 5 heteroatoms. The lowest BCUT2D eigenvalue weighted by molar-refractivity contribution is 0.102. The third-order valence-electron chi connectivity index (χ3n) is 2.75. The molecule has 2 aromatic carbocycles. The van der Waals surface area contributed by atoms with Crippen molar-refractivity contribution >= 4 is 29.0 Å². The number of nitrogen functional groups attached to an aromatic ring is 1. The molecule has 2 aromatic rings. The quantitative estimate of drug-likeness (QED) is 0.458. The lowest BCUT2D eigenvalue weighted by Gasteiger charge is -2.11. The average molecular weight is 288 g/mol. The zero-order valence-corrected chi connectivity index (χ0v) is 11.9. The zero-order chi connectivity index (χ0) is 14.5. The Morgan fingerprint density at radius 2 is 2.00 bits per heavy atom. The van der Waals surface area contributed by atoms with Crippen LogP contribution in [0, 0.1) is 0 Å². The van der Waals surface area contributed by atoms with Gasteiger partial charge in [-0.1, -0.05) is 25.1 Å². The van der Waals surface area contributed by atoms with Crippen molar-refractivity contribution in [3.05, 3.63) is 48.0 Å². The van der Waals surface area contributed by atoms with E-state index in [2.05, 4.69) is 5.32 Å². The second-order valence-corrected chi connectivity index (χ2v) is 5.43. The summed E-state index contributed by atoms with van der Waals surface area (Å²) < 4.78 is 0. The molecule has 0 spiro atoms. The van der Waals surface area contributed by atoms with Crippen LogP contribution in [0.5, 0.6) is 5.75 Å². The van der Waals surface area contributed by atoms with Crippen LogP contribution in [0.1, 0.15) is 17.3 Å². The van der Waals surface area contributed by atoms with Gasteiger partial charge in [-0.2, -0.15) is 0 Å². The number of hydrogen-bond acceptors (Lipinski definition) is 4. The van der Waals surface area contributed by atoms with Gasteiger partial charge in [-0.25, -0.2) is 0 Å². The molecule has 0 atom stereocenters. The fourth-order valence-electron chi connectivity index (χ4n) is 1.79. The van der Waals surface area contributed by atoms with Crippen molar-refractivity contribution in [2.75, 3.05) is 16.8 Å². The number of carbonyl (C=O) groups excluding carboxylic acids is 1. The molecule has 0 saturated carbocycles. The van der Waals surface area contributed by atoms with Crippen molar-refractivity contribution in [1.29, 1.82) is 0 Å². The Balaban J connectivity index is 2.26. The number of nitrogens with one attached hydrogen (secondary N) is 1. The number of hydrogen-bond donors (Lipinski definition) is 3. The Morgan fingerprint density at radius 1 is 1.25 bits per heavy atom. The van der Waals surface area contributed by atoms with Crippen molar-refractivity contribution in [1.82, 2.24) is 0 Å². The van der Waals surface area contributed by atoms with Crippen LogP contribution in [0.3, 0.4) is 0 Å². The van der Waals surface area contributed by atoms with Crippen LogP contribution in [-0.4, -0.2) is 16.8 Å². The van der Waals surface area contributed by atoms with Gasteiger partial charge >= 0.3 is 0 Å². The van der Waals surface area contributed by atoms with E-state index in [1.807, 2.05) is 31.2 Å². The number of anilines is 2. The monoisotopic (exact) mass is 288 g/mol. The molecule has 0 saturated heterocycles. The summed E-state index contributed by atoms with van der Waals surface area (Å²) >= 11 is 1.64. The van der Waals surface area contributed by atoms with Gasteiger partial charge in [0.25, 0.3) is 5.91 Å². The smallest absolute Gasteiger partial charge is 0.259 e. The van der Waals surface area contributed by atoms with E-state index >= 15 is 0 Å². The van der Waals surface area contributed by atoms with Crippen LogP contribution in [0.2, 0.25) is 0 Å². The van der Waals surface area contributed by atoms with E-state index in [9.17, 15) is 9.90 Å². The first-order valence-corrected chi connectivity index (χ1v) is 7.22. The van der Waals surface area contributed by atoms with Crippen LogP contribution < -0.4 is 11.1 Å². The summed E-state index contributed by atoms with van der Waals surface area (Å²) in [5, 5.41) is 12.6. The minimum absolute atomic E-state index is 0.168. The molecule has 104 valence electrons. The Labute approximate surface area is 122 Å². The molecule has 0 radical (unpaired) electrons. The number of para-hydroxylation sites is 2. The van der Waals surface area contributed by atoms with E-state index < -0.39 is 0 Å². The standard InChI is InChI=1S/C15H16N2O2S/c1-2-20-13-9-4-3-8-12(13)17-15(19)10-6-5-7-11(16)14(10)18/h3-9,18H,2,16H2,1H3,(H,17,19). The molecule has 0 heterocycles. The molecule has 0 fully saturated rings. The second-order valence-electron chi connectivity index (χ2n) is 4.13. The van der Waals surface area contributed by atoms with Crippen LogP contribution in [0.4, 0.5) is 11.4 Å². The fourth-order valence-corrected chi connectivity index (χ4v) is 2.55. The molecule has 2 rings (SSSR count). The van der Waals surface area contributed by atoms with Gasteiger partial charge in [-0.15, -0.1) is 11.8 Å². The van der Waals surface area contributed by atoms with Gasteiger partial charge < -0.3 is 16.2 Å². The van der Waals surface area contributed by atoms with Crippen LogP contribution in [0.25, 0.3) is 0 Å². The highest BCUT2D eigenvalue weighted by Crippen LogP contribution is 2.29. The van der Waals surface area contributed by atoms with Crippen molar-refractivity contribution in [3.63, 3.8) is 0 Å². The molecule has 20 heavy (non-hydrogen) atoms. The normalized spacial score (nSPS) is 10.2. The van der Waals surface area contributed by atoms with Crippen molar-refractivity contribution in [2.24, 2.45) is 0 Å². The zero-order valence-electron chi connectivity index (χ0n) is 11.1. The Morgan fingerprint density at radius 3 is 2.75 bits per heavy atom. The van der Waals surface area contributed by atoms with Crippen molar-refractivity contribution in [3.8, 4) is 5.75 Å². The third kappa shape index (κ3) is 3.05. The highest BCUT2D eigenvalue weighted by Gasteiger charge is 2.14. The topological polar surface area (TPSA) is 75.4 Å². The number of amides is 1. The fraction of sp³-hybridized carbons (Fsp3) is 0.133. The van der Waals surface area contributed by atoms with Gasteiger partial charge in [-0.05, 0) is 30.0 Å². The summed E-state index contributed by atoms with van der Waals surface area (Å²) in [6.07, 6.45) is 0. The molecule has 0 aliphatic heterocycles. The van der Waals surface area contributed by atoms with Crippen LogP contribution >= 0.6 is 11.8 Å². The summed E-state index contributed by atoms with van der Waals surface area (Å²) in [7, 11) is 0. The van der Waals surface area contributed by atoms with E-state index in [0.29, 0.717) is 0 Å². The van der Waals surface area contributed by atoms with Gasteiger partial charge in [0.1, 0.15) is 0 Å². The average Bonchev–Trinajstić information content (AvgIpc) is 2.44. The lowest BCUT2D eigenvalue weighted by atomic mass is 10.1. The largest absolute Gasteiger partial charge is 0.505 e. The second kappa shape index (κ2) is 6.34. The molecule has 0 aromatic heterocycles. The molecule has 4 nitrogen and oxygen atoms in total. The minimum atomic E-state index is -0.376. The summed E-state index contributed by atoms with van der Waals surface area (Å²) in [5.74, 6) is 0.348. The predicted molar refractivity (Wildman–Crippen MR) is 83.3 cm³/mol. The summed E-state index contributed by atoms with van der Waals surface area (Å²) in [4.78, 5) is 13.2. The number of aromatic hydroxyl groups is 1. The Kier molecular flexibility index (Phi) is 4.53. The van der Waals surface area contributed by atoms with Gasteiger partial charge in [0.05, 0.1) is 16.9 Å². The molecule has 0 aliphatic rings. The number of phenols is 1. The number of thioether (sulfide) groups is 1. The predicted octanol–water partition coefficient (Wildman–Crippen LogP) is 3.34. The SMILES string of the molecule is CCSc1ccccc1NC(=O)c1cccc(N)c1O. The van der Waals surface area contributed by atoms with Crippen molar-refractivity contribution < 1.29 is 9.90 Å². The number of nitrogens with two attached hydrogens (primary N) is 1. The molecule has 4 N–H and O–H groups in total. The van der Waals surface area contributed by atoms with Gasteiger partial charge in [0, 0.05) is 4.90 Å². The van der Waals surface area contributed by atoms with Crippen molar-refractivity contribution in [2.45, 2.75) is 11.8 Å². The molecule has 0 unspecified atom stereocenters. The highest BCUT2D eigenvalue weighted by atomic mass is 32.2. The maximum atomic E-state index is 12.2. The maximum Gasteiger partial charge on any atom is 0.259 e. The maximum absolute atomic E-state index is 12.2. The Hall–Kier alpha value is -2.14. The summed E-state index contributed by atoms with van der Waals surface area (Å²) in [6, 6.07) is 12.3. The van der Waals surface area contributed by atoms with E-state index in [1.54, 1.807) is 23.9 Å². The van der Waals surface area contributed by atoms with E-state index in [1.165, 1.54) is 6.07 Å². The molecular weight excluding hydrogens is 272 g/mol. The van der Waals surface area contributed by atoms with E-state index in [-0.39, 0.29) is 22.9 Å². The van der Waals surface area contributed by atoms with E-state index in [0.717, 1.165) is 16.3 Å². The molecule has 1 amide bonds. The third-order valence-corrected chi connectivity index (χ3v) is 3.70. The number of rotatable bonds is 4. The molecular formula is C15H16N2O2S. The number of carbonyl (C=O) groups is 1. The highest BCUT2D eigenvalue weighted by molar-refractivity contribution is 7.99. The summed E-state index contributed by atoms with van der Waals surface area (Å²) in [6.45, 7) is 2.05. The number of phenolic OH excluding ortho intramolecular Hbond substituents is 1. The van der Waals surface area contributed by atoms with Gasteiger partial charge in [0.2, 0.25) is 0 Å². The van der Waals surface area contributed by atoms with E-state index in [4.69, 9.17) is 5.73 Å². The van der Waals surface area contributed by atoms with Gasteiger partial charge in [0.15, 0.2) is 5.75 Å². The first-order valence-electron chi connectivity index (χ1n) is 6.24. The summed E-state index contributed by atoms with van der Waals surface area (Å²) in [5.41, 5.74) is 6.68. The first kappa shape index (κ1) is 14.3. The minimum Gasteiger partial charge on any atom is -0.505 e. The van der Waals surface area contributed by atoms with Crippen LogP contribution in [0.15, 0.2) is 47.4 Å². The lowest BCUT2D eigenvalue weighted by Crippen LogP contribution is -2.13. The molecule has 0 bridgehead atoms. The molecule has 0 aliphatic carbocycles. The first-order chi connectivity index (χ1) is 9.63.